The highest BCUT2D eigenvalue weighted by Gasteiger charge is 2.18. The average Bonchev–Trinajstić information content (AvgIpc) is 3.11. The average molecular weight is 380 g/mol. The number of benzene rings is 2. The summed E-state index contributed by atoms with van der Waals surface area (Å²) in [5.74, 6) is -1.59. The summed E-state index contributed by atoms with van der Waals surface area (Å²) in [6.07, 6.45) is 1.78. The molecule has 7 heteroatoms. The van der Waals surface area contributed by atoms with Crippen molar-refractivity contribution in [2.24, 2.45) is 0 Å². The van der Waals surface area contributed by atoms with Crippen LogP contribution in [-0.4, -0.2) is 36.6 Å². The highest BCUT2D eigenvalue weighted by molar-refractivity contribution is 6.13. The van der Waals surface area contributed by atoms with Gasteiger partial charge in [0, 0.05) is 29.3 Å². The first-order chi connectivity index (χ1) is 13.5. The van der Waals surface area contributed by atoms with E-state index >= 15 is 0 Å². The van der Waals surface area contributed by atoms with E-state index in [1.807, 2.05) is 35.8 Å². The van der Waals surface area contributed by atoms with Crippen molar-refractivity contribution in [3.05, 3.63) is 65.4 Å². The van der Waals surface area contributed by atoms with Crippen molar-refractivity contribution in [1.82, 2.24) is 4.57 Å². The van der Waals surface area contributed by atoms with Crippen LogP contribution in [0.25, 0.3) is 10.9 Å². The molecule has 28 heavy (non-hydrogen) atoms. The molecular weight excluding hydrogens is 360 g/mol. The van der Waals surface area contributed by atoms with E-state index in [0.717, 1.165) is 17.4 Å². The Hall–Kier alpha value is -3.61. The van der Waals surface area contributed by atoms with Crippen LogP contribution in [0.4, 0.5) is 5.69 Å². The molecule has 0 aliphatic heterocycles. The van der Waals surface area contributed by atoms with Gasteiger partial charge in [-0.2, -0.15) is 0 Å². The van der Waals surface area contributed by atoms with Crippen molar-refractivity contribution >= 4 is 34.4 Å². The van der Waals surface area contributed by atoms with Crippen LogP contribution in [0.3, 0.4) is 0 Å². The van der Waals surface area contributed by atoms with Crippen LogP contribution in [0.5, 0.6) is 0 Å². The zero-order valence-electron chi connectivity index (χ0n) is 15.8. The number of carbonyl (C=O) groups excluding carboxylic acids is 3. The number of hydrogen-bond donors (Lipinski definition) is 1. The molecule has 7 nitrogen and oxygen atoms in total. The van der Waals surface area contributed by atoms with Gasteiger partial charge in [-0.1, -0.05) is 18.2 Å². The fourth-order valence-corrected chi connectivity index (χ4v) is 3.06. The monoisotopic (exact) mass is 380 g/mol. The smallest absolute Gasteiger partial charge is 0.337 e. The van der Waals surface area contributed by atoms with Crippen LogP contribution in [0, 0.1) is 0 Å². The Kier molecular flexibility index (Phi) is 5.44. The summed E-state index contributed by atoms with van der Waals surface area (Å²) < 4.78 is 11.4. The van der Waals surface area contributed by atoms with Gasteiger partial charge in [0.15, 0.2) is 0 Å². The first-order valence-corrected chi connectivity index (χ1v) is 8.69. The van der Waals surface area contributed by atoms with Gasteiger partial charge in [0.1, 0.15) is 0 Å². The molecule has 0 aliphatic carbocycles. The molecule has 0 fully saturated rings. The molecule has 0 unspecified atom stereocenters. The molecule has 3 aromatic rings. The molecule has 144 valence electrons. The maximum absolute atomic E-state index is 12.9. The Morgan fingerprint density at radius 3 is 2.14 bits per heavy atom. The van der Waals surface area contributed by atoms with Crippen molar-refractivity contribution in [3.63, 3.8) is 0 Å². The number of rotatable bonds is 5. The zero-order valence-corrected chi connectivity index (χ0v) is 15.8. The Morgan fingerprint density at radius 2 is 1.57 bits per heavy atom. The highest BCUT2D eigenvalue weighted by Crippen LogP contribution is 2.23. The molecular formula is C21H20N2O5. The number of nitrogens with zero attached hydrogens (tertiary/aromatic N) is 1. The van der Waals surface area contributed by atoms with Gasteiger partial charge >= 0.3 is 11.9 Å². The number of aryl methyl sites for hydroxylation is 1. The van der Waals surface area contributed by atoms with Crippen LogP contribution in [-0.2, 0) is 16.0 Å². The van der Waals surface area contributed by atoms with Crippen LogP contribution in [0.1, 0.15) is 38.0 Å². The number of hydrogen-bond acceptors (Lipinski definition) is 5. The van der Waals surface area contributed by atoms with Gasteiger partial charge in [0.2, 0.25) is 0 Å². The van der Waals surface area contributed by atoms with Crippen molar-refractivity contribution < 1.29 is 23.9 Å². The molecule has 2 aromatic carbocycles. The Labute approximate surface area is 161 Å². The zero-order chi connectivity index (χ0) is 20.3. The molecule has 1 heterocycles. The van der Waals surface area contributed by atoms with Crippen molar-refractivity contribution in [3.8, 4) is 0 Å². The maximum Gasteiger partial charge on any atom is 0.337 e. The predicted octanol–water partition coefficient (Wildman–Crippen LogP) is 3.49. The summed E-state index contributed by atoms with van der Waals surface area (Å²) >= 11 is 0. The van der Waals surface area contributed by atoms with Gasteiger partial charge in [0.25, 0.3) is 5.91 Å². The number of para-hydroxylation sites is 1. The van der Waals surface area contributed by atoms with Gasteiger partial charge in [-0.05, 0) is 31.2 Å². The first kappa shape index (κ1) is 19.2. The quantitative estimate of drug-likeness (QED) is 0.685. The standard InChI is InChI=1S/C21H20N2O5/c1-4-23-12-17(16-7-5-6-8-18(16)23)19(24)22-15-10-13(20(25)27-2)9-14(11-15)21(26)28-3/h5-12H,4H2,1-3H3,(H,22,24). The summed E-state index contributed by atoms with van der Waals surface area (Å²) in [6.45, 7) is 2.72. The predicted molar refractivity (Wildman–Crippen MR) is 105 cm³/mol. The number of methoxy groups -OCH3 is 2. The van der Waals surface area contributed by atoms with Crippen LogP contribution < -0.4 is 5.32 Å². The van der Waals surface area contributed by atoms with Crippen molar-refractivity contribution in [2.45, 2.75) is 13.5 Å². The highest BCUT2D eigenvalue weighted by atomic mass is 16.5. The van der Waals surface area contributed by atoms with Gasteiger partial charge in [-0.3, -0.25) is 4.79 Å². The molecule has 0 saturated carbocycles. The minimum Gasteiger partial charge on any atom is -0.465 e. The second-order valence-electron chi connectivity index (χ2n) is 6.08. The summed E-state index contributed by atoms with van der Waals surface area (Å²) in [5, 5.41) is 3.58. The second kappa shape index (κ2) is 7.96. The van der Waals surface area contributed by atoms with Crippen molar-refractivity contribution in [1.29, 1.82) is 0 Å². The van der Waals surface area contributed by atoms with E-state index in [-0.39, 0.29) is 17.0 Å². The van der Waals surface area contributed by atoms with Gasteiger partial charge < -0.3 is 19.4 Å². The molecule has 0 radical (unpaired) electrons. The Balaban J connectivity index is 2.00. The molecule has 0 bridgehead atoms. The number of carbonyl (C=O) groups is 3. The molecule has 1 N–H and O–H groups in total. The fraction of sp³-hybridized carbons (Fsp3) is 0.190. The van der Waals surface area contributed by atoms with Gasteiger partial charge in [-0.25, -0.2) is 9.59 Å². The van der Waals surface area contributed by atoms with Gasteiger partial charge in [-0.15, -0.1) is 0 Å². The third-order valence-corrected chi connectivity index (χ3v) is 4.41. The van der Waals surface area contributed by atoms with Crippen LogP contribution in [0.15, 0.2) is 48.7 Å². The van der Waals surface area contributed by atoms with Crippen LogP contribution >= 0.6 is 0 Å². The number of nitrogens with one attached hydrogen (secondary N) is 1. The number of fused-ring (bicyclic) bond motifs is 1. The topological polar surface area (TPSA) is 86.6 Å². The van der Waals surface area contributed by atoms with Gasteiger partial charge in [0.05, 0.1) is 30.9 Å². The van der Waals surface area contributed by atoms with Crippen molar-refractivity contribution in [2.75, 3.05) is 19.5 Å². The van der Waals surface area contributed by atoms with E-state index < -0.39 is 11.9 Å². The summed E-state index contributed by atoms with van der Waals surface area (Å²) in [4.78, 5) is 36.7. The minimum absolute atomic E-state index is 0.136. The van der Waals surface area contributed by atoms with E-state index in [1.54, 1.807) is 6.20 Å². The maximum atomic E-state index is 12.9. The van der Waals surface area contributed by atoms with E-state index in [2.05, 4.69) is 5.32 Å². The lowest BCUT2D eigenvalue weighted by Crippen LogP contribution is -2.14. The molecule has 1 amide bonds. The fourth-order valence-electron chi connectivity index (χ4n) is 3.06. The molecule has 0 spiro atoms. The lowest BCUT2D eigenvalue weighted by molar-refractivity contribution is 0.0599. The third-order valence-electron chi connectivity index (χ3n) is 4.41. The number of anilines is 1. The first-order valence-electron chi connectivity index (χ1n) is 8.69. The largest absolute Gasteiger partial charge is 0.465 e. The third kappa shape index (κ3) is 3.59. The molecule has 3 rings (SSSR count). The molecule has 0 atom stereocenters. The lowest BCUT2D eigenvalue weighted by Gasteiger charge is -2.09. The number of aromatic nitrogens is 1. The summed E-state index contributed by atoms with van der Waals surface area (Å²) in [7, 11) is 2.48. The SMILES string of the molecule is CCn1cc(C(=O)Nc2cc(C(=O)OC)cc(C(=O)OC)c2)c2ccccc21. The lowest BCUT2D eigenvalue weighted by atomic mass is 10.1. The Bertz CT molecular complexity index is 1030. The summed E-state index contributed by atoms with van der Waals surface area (Å²) in [5.41, 5.74) is 2.02. The van der Waals surface area contributed by atoms with E-state index in [0.29, 0.717) is 11.3 Å². The number of esters is 2. The number of ether oxygens (including phenoxy) is 2. The Morgan fingerprint density at radius 1 is 0.964 bits per heavy atom. The molecule has 1 aromatic heterocycles. The van der Waals surface area contributed by atoms with E-state index in [9.17, 15) is 14.4 Å². The minimum atomic E-state index is -0.621. The van der Waals surface area contributed by atoms with E-state index in [4.69, 9.17) is 9.47 Å². The molecule has 0 aliphatic rings. The normalized spacial score (nSPS) is 10.5. The van der Waals surface area contributed by atoms with E-state index in [1.165, 1.54) is 32.4 Å². The van der Waals surface area contributed by atoms with Crippen LogP contribution in [0.2, 0.25) is 0 Å². The molecule has 0 saturated heterocycles. The second-order valence-corrected chi connectivity index (χ2v) is 6.08. The summed E-state index contributed by atoms with van der Waals surface area (Å²) in [6, 6.07) is 11.9. The number of amides is 1.